The van der Waals surface area contributed by atoms with Gasteiger partial charge >= 0.3 is 12.2 Å². The summed E-state index contributed by atoms with van der Waals surface area (Å²) in [7, 11) is 4.13. The Morgan fingerprint density at radius 1 is 0.556 bits per heavy atom. The van der Waals surface area contributed by atoms with Gasteiger partial charge in [-0.2, -0.15) is 0 Å². The minimum Gasteiger partial charge on any atom is -0.497 e. The molecule has 3 fully saturated rings. The van der Waals surface area contributed by atoms with Crippen LogP contribution in [0.4, 0.5) is 26.7 Å². The van der Waals surface area contributed by atoms with E-state index in [1.165, 1.54) is 14.2 Å². The molecular formula is C47H61N7O9. The molecule has 6 amide bonds. The van der Waals surface area contributed by atoms with Gasteiger partial charge in [0.2, 0.25) is 23.6 Å². The molecule has 0 radical (unpaired) electrons. The molecular weight excluding hydrogens is 807 g/mol. The summed E-state index contributed by atoms with van der Waals surface area (Å²) in [4.78, 5) is 83.8. The Kier molecular flexibility index (Phi) is 15.2. The first kappa shape index (κ1) is 46.2. The molecule has 338 valence electrons. The van der Waals surface area contributed by atoms with Crippen LogP contribution in [0.15, 0.2) is 72.8 Å². The van der Waals surface area contributed by atoms with Crippen LogP contribution in [0, 0.1) is 11.8 Å². The zero-order valence-electron chi connectivity index (χ0n) is 37.2. The van der Waals surface area contributed by atoms with Gasteiger partial charge < -0.3 is 50.2 Å². The molecule has 16 heteroatoms. The molecule has 0 spiro atoms. The van der Waals surface area contributed by atoms with E-state index in [0.717, 1.165) is 35.4 Å². The van der Waals surface area contributed by atoms with E-state index in [4.69, 9.17) is 14.2 Å². The number of methoxy groups -OCH3 is 3. The molecule has 3 aromatic carbocycles. The Morgan fingerprint density at radius 2 is 0.952 bits per heavy atom. The van der Waals surface area contributed by atoms with Crippen LogP contribution in [-0.4, -0.2) is 104 Å². The Hall–Kier alpha value is -6.32. The molecule has 3 heterocycles. The largest absolute Gasteiger partial charge is 0.497 e. The van der Waals surface area contributed by atoms with Crippen LogP contribution in [0.3, 0.4) is 0 Å². The topological polar surface area (TPSA) is 188 Å². The third-order valence-corrected chi connectivity index (χ3v) is 12.3. The van der Waals surface area contributed by atoms with Crippen molar-refractivity contribution in [3.8, 4) is 5.75 Å². The average molecular weight is 868 g/mol. The predicted molar refractivity (Wildman–Crippen MR) is 238 cm³/mol. The van der Waals surface area contributed by atoms with Gasteiger partial charge in [0.1, 0.15) is 29.9 Å². The first-order valence-corrected chi connectivity index (χ1v) is 21.8. The van der Waals surface area contributed by atoms with Crippen LogP contribution < -0.4 is 30.9 Å². The van der Waals surface area contributed by atoms with E-state index in [-0.39, 0.29) is 47.5 Å². The van der Waals surface area contributed by atoms with Crippen LogP contribution in [0.1, 0.15) is 89.4 Å². The fourth-order valence-corrected chi connectivity index (χ4v) is 8.97. The first-order valence-electron chi connectivity index (χ1n) is 21.8. The van der Waals surface area contributed by atoms with E-state index >= 15 is 0 Å². The van der Waals surface area contributed by atoms with Gasteiger partial charge in [-0.3, -0.25) is 19.2 Å². The molecule has 0 aromatic heterocycles. The van der Waals surface area contributed by atoms with Crippen molar-refractivity contribution in [3.05, 3.63) is 83.9 Å². The number of alkyl carbamates (subject to hydrolysis) is 2. The van der Waals surface area contributed by atoms with Crippen molar-refractivity contribution in [1.82, 2.24) is 20.4 Å². The monoisotopic (exact) mass is 867 g/mol. The Balaban J connectivity index is 1.14. The molecule has 0 saturated carbocycles. The molecule has 3 saturated heterocycles. The third kappa shape index (κ3) is 10.7. The minimum absolute atomic E-state index is 0.0000255. The number of hydrogen-bond acceptors (Lipinski definition) is 10. The van der Waals surface area contributed by atoms with Crippen molar-refractivity contribution >= 4 is 52.9 Å². The lowest BCUT2D eigenvalue weighted by atomic mass is 10.0. The maximum Gasteiger partial charge on any atom is 0.407 e. The van der Waals surface area contributed by atoms with E-state index in [1.54, 1.807) is 16.9 Å². The van der Waals surface area contributed by atoms with Crippen molar-refractivity contribution in [2.75, 3.05) is 50.0 Å². The highest BCUT2D eigenvalue weighted by atomic mass is 16.5. The standard InChI is InChI=1S/C47H61N7O9/c1-28(2)40(50-46(59)62-6)44(57)52-26-8-10-38(52)42(55)48-32-16-12-30(13-17-32)36-24-25-37(54(36)34-20-22-35(61-5)23-21-34)31-14-18-33(19-15-31)49-43(56)39-11-9-27-53(39)45(58)41(29(3)4)51-47(60)63-7/h12-23,28-29,36-41H,8-11,24-27H2,1-7H3,(H,48,55)(H,49,56)(H,50,59)(H,51,60)/t36-,37?,38+,39+,40+,41+/m1/s1. The van der Waals surface area contributed by atoms with Crippen LogP contribution in [0.5, 0.6) is 5.75 Å². The van der Waals surface area contributed by atoms with Gasteiger partial charge in [0.25, 0.3) is 0 Å². The smallest absolute Gasteiger partial charge is 0.407 e. The van der Waals surface area contributed by atoms with Gasteiger partial charge in [-0.25, -0.2) is 9.59 Å². The van der Waals surface area contributed by atoms with Crippen LogP contribution >= 0.6 is 0 Å². The highest BCUT2D eigenvalue weighted by Crippen LogP contribution is 2.47. The lowest BCUT2D eigenvalue weighted by Gasteiger charge is -2.33. The maximum atomic E-state index is 13.6. The minimum atomic E-state index is -0.817. The fourth-order valence-electron chi connectivity index (χ4n) is 8.97. The van der Waals surface area contributed by atoms with Crippen molar-refractivity contribution in [2.45, 2.75) is 102 Å². The quantitative estimate of drug-likeness (QED) is 0.141. The fraction of sp³-hybridized carbons (Fsp3) is 0.489. The molecule has 6 rings (SSSR count). The lowest BCUT2D eigenvalue weighted by molar-refractivity contribution is -0.139. The number of carbonyl (C=O) groups is 6. The number of ether oxygens (including phenoxy) is 3. The second-order valence-corrected chi connectivity index (χ2v) is 17.0. The number of hydrogen-bond donors (Lipinski definition) is 4. The molecule has 3 aliphatic rings. The van der Waals surface area contributed by atoms with Gasteiger partial charge in [-0.05, 0) is 110 Å². The number of nitrogens with zero attached hydrogens (tertiary/aromatic N) is 3. The zero-order valence-corrected chi connectivity index (χ0v) is 37.2. The van der Waals surface area contributed by atoms with Gasteiger partial charge in [-0.1, -0.05) is 52.0 Å². The Labute approximate surface area is 369 Å². The summed E-state index contributed by atoms with van der Waals surface area (Å²) < 4.78 is 14.9. The molecule has 6 atom stereocenters. The highest BCUT2D eigenvalue weighted by Gasteiger charge is 2.41. The first-order chi connectivity index (χ1) is 30.2. The number of rotatable bonds is 14. The summed E-state index contributed by atoms with van der Waals surface area (Å²) >= 11 is 0. The average Bonchev–Trinajstić information content (AvgIpc) is 4.08. The second-order valence-electron chi connectivity index (χ2n) is 17.0. The summed E-state index contributed by atoms with van der Waals surface area (Å²) in [5.74, 6) is -0.848. The predicted octanol–water partition coefficient (Wildman–Crippen LogP) is 6.40. The van der Waals surface area contributed by atoms with E-state index in [0.29, 0.717) is 50.1 Å². The summed E-state index contributed by atoms with van der Waals surface area (Å²) in [6, 6.07) is 20.7. The molecule has 3 aromatic rings. The molecule has 16 nitrogen and oxygen atoms in total. The van der Waals surface area contributed by atoms with E-state index in [2.05, 4.69) is 26.2 Å². The number of nitrogens with one attached hydrogen (secondary N) is 4. The van der Waals surface area contributed by atoms with Crippen molar-refractivity contribution in [2.24, 2.45) is 11.8 Å². The molecule has 4 N–H and O–H groups in total. The molecule has 0 aliphatic carbocycles. The zero-order chi connectivity index (χ0) is 45.4. The molecule has 1 unspecified atom stereocenters. The highest BCUT2D eigenvalue weighted by molar-refractivity contribution is 5.99. The molecule has 0 bridgehead atoms. The summed E-state index contributed by atoms with van der Waals surface area (Å²) in [6.07, 6.45) is 2.69. The van der Waals surface area contributed by atoms with Gasteiger partial charge in [0.05, 0.1) is 33.4 Å². The normalized spacial score (nSPS) is 20.6. The Morgan fingerprint density at radius 3 is 1.30 bits per heavy atom. The number of amides is 6. The number of anilines is 3. The van der Waals surface area contributed by atoms with Gasteiger partial charge in [-0.15, -0.1) is 0 Å². The van der Waals surface area contributed by atoms with Crippen LogP contribution in [0.25, 0.3) is 0 Å². The molecule has 3 aliphatic heterocycles. The van der Waals surface area contributed by atoms with Gasteiger partial charge in [0, 0.05) is 30.2 Å². The van der Waals surface area contributed by atoms with Gasteiger partial charge in [0.15, 0.2) is 0 Å². The number of likely N-dealkylation sites (tertiary alicyclic amines) is 2. The summed E-state index contributed by atoms with van der Waals surface area (Å²) in [5, 5.41) is 11.3. The Bertz CT molecular complexity index is 1970. The third-order valence-electron chi connectivity index (χ3n) is 12.3. The lowest BCUT2D eigenvalue weighted by Crippen LogP contribution is -2.54. The number of benzene rings is 3. The number of carbonyl (C=O) groups excluding carboxylic acids is 6. The van der Waals surface area contributed by atoms with E-state index in [1.807, 2.05) is 100 Å². The summed E-state index contributed by atoms with van der Waals surface area (Å²) in [6.45, 7) is 8.18. The SMILES string of the molecule is COC(=O)N[C@H](C(=O)N1CCC[C@H]1C(=O)Nc1ccc(C2CC[C@H](c3ccc(NC(=O)[C@@H]4CCCN4C(=O)[C@@H](NC(=O)OC)C(C)C)cc3)N2c2ccc(OC)cc2)cc1)C(C)C. The maximum absolute atomic E-state index is 13.6. The van der Waals surface area contributed by atoms with Crippen LogP contribution in [-0.2, 0) is 28.7 Å². The van der Waals surface area contributed by atoms with Crippen molar-refractivity contribution in [3.63, 3.8) is 0 Å². The van der Waals surface area contributed by atoms with Crippen LogP contribution in [0.2, 0.25) is 0 Å². The van der Waals surface area contributed by atoms with E-state index < -0.39 is 36.4 Å². The van der Waals surface area contributed by atoms with Crippen molar-refractivity contribution in [1.29, 1.82) is 0 Å². The second kappa shape index (κ2) is 20.7. The van der Waals surface area contributed by atoms with Crippen molar-refractivity contribution < 1.29 is 43.0 Å². The summed E-state index contributed by atoms with van der Waals surface area (Å²) in [5.41, 5.74) is 4.37. The molecule has 63 heavy (non-hydrogen) atoms. The van der Waals surface area contributed by atoms with E-state index in [9.17, 15) is 28.8 Å².